The minimum atomic E-state index is -0.111. The van der Waals surface area contributed by atoms with Gasteiger partial charge in [0.15, 0.2) is 5.76 Å². The number of benzene rings is 2. The molecule has 0 atom stereocenters. The summed E-state index contributed by atoms with van der Waals surface area (Å²) in [6, 6.07) is 14.7. The van der Waals surface area contributed by atoms with Crippen LogP contribution >= 0.6 is 31.9 Å². The fourth-order valence-electron chi connectivity index (χ4n) is 1.87. The number of fused-ring (bicyclic) bond motifs is 1. The molecule has 0 bridgehead atoms. The van der Waals surface area contributed by atoms with Crippen molar-refractivity contribution in [3.05, 3.63) is 68.8 Å². The third kappa shape index (κ3) is 2.51. The molecule has 3 rings (SSSR count). The van der Waals surface area contributed by atoms with Crippen molar-refractivity contribution in [2.24, 2.45) is 0 Å². The Balaban J connectivity index is 2.04. The van der Waals surface area contributed by atoms with E-state index in [2.05, 4.69) is 31.9 Å². The van der Waals surface area contributed by atoms with Crippen LogP contribution in [0, 0.1) is 0 Å². The molecule has 0 fully saturated rings. The predicted octanol–water partition coefficient (Wildman–Crippen LogP) is 5.19. The van der Waals surface area contributed by atoms with E-state index in [9.17, 15) is 4.79 Å². The Morgan fingerprint density at radius 2 is 1.58 bits per heavy atom. The van der Waals surface area contributed by atoms with Crippen molar-refractivity contribution in [3.8, 4) is 0 Å². The number of rotatable bonds is 2. The summed E-state index contributed by atoms with van der Waals surface area (Å²) in [4.78, 5) is 12.3. The Morgan fingerprint density at radius 3 is 2.32 bits per heavy atom. The average molecular weight is 380 g/mol. The van der Waals surface area contributed by atoms with Gasteiger partial charge in [0, 0.05) is 19.9 Å². The molecule has 1 heterocycles. The second-order valence-corrected chi connectivity index (χ2v) is 5.96. The zero-order chi connectivity index (χ0) is 13.4. The van der Waals surface area contributed by atoms with Crippen LogP contribution < -0.4 is 0 Å². The Morgan fingerprint density at radius 1 is 0.895 bits per heavy atom. The second kappa shape index (κ2) is 4.94. The number of halogens is 2. The van der Waals surface area contributed by atoms with Crippen LogP contribution in [0.4, 0.5) is 0 Å². The van der Waals surface area contributed by atoms with Gasteiger partial charge in [-0.15, -0.1) is 0 Å². The Kier molecular flexibility index (Phi) is 3.29. The molecular weight excluding hydrogens is 372 g/mol. The Hall–Kier alpha value is -1.39. The summed E-state index contributed by atoms with van der Waals surface area (Å²) in [5.74, 6) is 0.246. The normalized spacial score (nSPS) is 10.8. The van der Waals surface area contributed by atoms with Crippen LogP contribution in [0.3, 0.4) is 0 Å². The number of hydrogen-bond donors (Lipinski definition) is 0. The van der Waals surface area contributed by atoms with Gasteiger partial charge in [0.2, 0.25) is 5.78 Å². The smallest absolute Gasteiger partial charge is 0.228 e. The number of ketones is 1. The SMILES string of the molecule is O=C(c1ccc(Br)cc1)c1cc2cc(Br)ccc2o1. The van der Waals surface area contributed by atoms with E-state index in [4.69, 9.17) is 4.42 Å². The van der Waals surface area contributed by atoms with Gasteiger partial charge in [-0.05, 0) is 48.5 Å². The fourth-order valence-corrected chi connectivity index (χ4v) is 2.51. The number of carbonyl (C=O) groups excluding carboxylic acids is 1. The Bertz CT molecular complexity index is 757. The lowest BCUT2D eigenvalue weighted by molar-refractivity contribution is 0.101. The molecular formula is C15H8Br2O2. The molecule has 0 unspecified atom stereocenters. The van der Waals surface area contributed by atoms with Crippen LogP contribution in [-0.2, 0) is 0 Å². The zero-order valence-electron chi connectivity index (χ0n) is 9.69. The standard InChI is InChI=1S/C15H8Br2O2/c16-11-3-1-9(2-4-11)15(18)14-8-10-7-12(17)5-6-13(10)19-14/h1-8H. The first-order chi connectivity index (χ1) is 9.13. The van der Waals surface area contributed by atoms with Crippen LogP contribution in [-0.4, -0.2) is 5.78 Å². The molecule has 3 aromatic rings. The maximum atomic E-state index is 12.3. The predicted molar refractivity (Wildman–Crippen MR) is 81.5 cm³/mol. The quantitative estimate of drug-likeness (QED) is 0.573. The highest BCUT2D eigenvalue weighted by molar-refractivity contribution is 9.10. The van der Waals surface area contributed by atoms with E-state index in [1.807, 2.05) is 30.3 Å². The van der Waals surface area contributed by atoms with Crippen molar-refractivity contribution in [2.75, 3.05) is 0 Å². The maximum absolute atomic E-state index is 12.3. The van der Waals surface area contributed by atoms with Gasteiger partial charge in [-0.25, -0.2) is 0 Å². The molecule has 2 nitrogen and oxygen atoms in total. The molecule has 1 aromatic heterocycles. The van der Waals surface area contributed by atoms with E-state index in [-0.39, 0.29) is 5.78 Å². The number of carbonyl (C=O) groups is 1. The monoisotopic (exact) mass is 378 g/mol. The molecule has 19 heavy (non-hydrogen) atoms. The lowest BCUT2D eigenvalue weighted by Gasteiger charge is -1.97. The van der Waals surface area contributed by atoms with Gasteiger partial charge < -0.3 is 4.42 Å². The molecule has 0 saturated heterocycles. The van der Waals surface area contributed by atoms with Crippen LogP contribution in [0.1, 0.15) is 16.1 Å². The summed E-state index contributed by atoms with van der Waals surface area (Å²) < 4.78 is 7.49. The highest BCUT2D eigenvalue weighted by Crippen LogP contribution is 2.25. The molecule has 0 N–H and O–H groups in total. The lowest BCUT2D eigenvalue weighted by atomic mass is 10.1. The van der Waals surface area contributed by atoms with Gasteiger partial charge in [0.25, 0.3) is 0 Å². The van der Waals surface area contributed by atoms with E-state index in [0.29, 0.717) is 16.9 Å². The zero-order valence-corrected chi connectivity index (χ0v) is 12.9. The van der Waals surface area contributed by atoms with E-state index < -0.39 is 0 Å². The molecule has 94 valence electrons. The van der Waals surface area contributed by atoms with Crippen molar-refractivity contribution >= 4 is 48.6 Å². The third-order valence-electron chi connectivity index (χ3n) is 2.81. The van der Waals surface area contributed by atoms with Crippen molar-refractivity contribution in [2.45, 2.75) is 0 Å². The fraction of sp³-hybridized carbons (Fsp3) is 0. The highest BCUT2D eigenvalue weighted by Gasteiger charge is 2.14. The number of hydrogen-bond acceptors (Lipinski definition) is 2. The average Bonchev–Trinajstić information content (AvgIpc) is 2.81. The van der Waals surface area contributed by atoms with Gasteiger partial charge in [0.1, 0.15) is 5.58 Å². The van der Waals surface area contributed by atoms with Crippen molar-refractivity contribution in [1.82, 2.24) is 0 Å². The first-order valence-electron chi connectivity index (χ1n) is 5.63. The van der Waals surface area contributed by atoms with Gasteiger partial charge in [-0.1, -0.05) is 31.9 Å². The van der Waals surface area contributed by atoms with E-state index in [1.54, 1.807) is 18.2 Å². The molecule has 0 aliphatic rings. The molecule has 0 aliphatic carbocycles. The minimum Gasteiger partial charge on any atom is -0.453 e. The van der Waals surface area contributed by atoms with Crippen LogP contribution in [0.15, 0.2) is 61.9 Å². The van der Waals surface area contributed by atoms with E-state index in [0.717, 1.165) is 14.3 Å². The topological polar surface area (TPSA) is 30.2 Å². The van der Waals surface area contributed by atoms with Gasteiger partial charge in [-0.2, -0.15) is 0 Å². The molecule has 4 heteroatoms. The number of furan rings is 1. The van der Waals surface area contributed by atoms with Crippen LogP contribution in [0.25, 0.3) is 11.0 Å². The first-order valence-corrected chi connectivity index (χ1v) is 7.21. The summed E-state index contributed by atoms with van der Waals surface area (Å²) in [6.07, 6.45) is 0. The second-order valence-electron chi connectivity index (χ2n) is 4.13. The lowest BCUT2D eigenvalue weighted by Crippen LogP contribution is -1.98. The van der Waals surface area contributed by atoms with Crippen LogP contribution in [0.2, 0.25) is 0 Å². The molecule has 0 radical (unpaired) electrons. The molecule has 0 aliphatic heterocycles. The van der Waals surface area contributed by atoms with Crippen molar-refractivity contribution < 1.29 is 9.21 Å². The summed E-state index contributed by atoms with van der Waals surface area (Å²) in [5.41, 5.74) is 1.32. The summed E-state index contributed by atoms with van der Waals surface area (Å²) in [6.45, 7) is 0. The van der Waals surface area contributed by atoms with Gasteiger partial charge in [0.05, 0.1) is 0 Å². The molecule has 2 aromatic carbocycles. The maximum Gasteiger partial charge on any atom is 0.228 e. The Labute approximate surface area is 126 Å². The minimum absolute atomic E-state index is 0.111. The van der Waals surface area contributed by atoms with Gasteiger partial charge in [-0.3, -0.25) is 4.79 Å². The third-order valence-corrected chi connectivity index (χ3v) is 3.83. The van der Waals surface area contributed by atoms with Crippen molar-refractivity contribution in [3.63, 3.8) is 0 Å². The summed E-state index contributed by atoms with van der Waals surface area (Å²) in [5, 5.41) is 0.912. The highest BCUT2D eigenvalue weighted by atomic mass is 79.9. The largest absolute Gasteiger partial charge is 0.453 e. The van der Waals surface area contributed by atoms with E-state index in [1.165, 1.54) is 0 Å². The molecule has 0 amide bonds. The van der Waals surface area contributed by atoms with E-state index >= 15 is 0 Å². The molecule has 0 saturated carbocycles. The van der Waals surface area contributed by atoms with Crippen LogP contribution in [0.5, 0.6) is 0 Å². The summed E-state index contributed by atoms with van der Waals surface area (Å²) >= 11 is 6.75. The van der Waals surface area contributed by atoms with Gasteiger partial charge >= 0.3 is 0 Å². The molecule has 0 spiro atoms. The first kappa shape index (κ1) is 12.6. The van der Waals surface area contributed by atoms with Crippen molar-refractivity contribution in [1.29, 1.82) is 0 Å². The summed E-state index contributed by atoms with van der Waals surface area (Å²) in [7, 11) is 0.